The van der Waals surface area contributed by atoms with Crippen molar-refractivity contribution in [2.75, 3.05) is 27.4 Å². The highest BCUT2D eigenvalue weighted by atomic mass is 35.5. The highest BCUT2D eigenvalue weighted by molar-refractivity contribution is 6.30. The van der Waals surface area contributed by atoms with Crippen LogP contribution in [0.5, 0.6) is 5.75 Å². The molecule has 0 saturated heterocycles. The molecule has 0 fully saturated rings. The average Bonchev–Trinajstić information content (AvgIpc) is 2.81. The van der Waals surface area contributed by atoms with E-state index in [-0.39, 0.29) is 5.75 Å². The quantitative estimate of drug-likeness (QED) is 0.104. The molecule has 0 radical (unpaired) electrons. The minimum Gasteiger partial charge on any atom is -0.507 e. The van der Waals surface area contributed by atoms with Gasteiger partial charge < -0.3 is 14.3 Å². The van der Waals surface area contributed by atoms with Crippen LogP contribution in [0, 0.1) is 0 Å². The van der Waals surface area contributed by atoms with Crippen molar-refractivity contribution in [1.29, 1.82) is 0 Å². The van der Waals surface area contributed by atoms with Gasteiger partial charge in [-0.1, -0.05) is 76.3 Å². The van der Waals surface area contributed by atoms with Crippen LogP contribution >= 0.6 is 11.6 Å². The van der Waals surface area contributed by atoms with E-state index < -0.39 is 0 Å². The zero-order valence-electron chi connectivity index (χ0n) is 21.3. The van der Waals surface area contributed by atoms with Gasteiger partial charge in [-0.05, 0) is 48.9 Å². The summed E-state index contributed by atoms with van der Waals surface area (Å²) in [4.78, 5) is 0. The van der Waals surface area contributed by atoms with Crippen LogP contribution in [0.1, 0.15) is 76.7 Å². The SMILES string of the molecule is CCCCCCCCCCCCOC[N+](C)(C)Cc1cc(N=Nc2ccc(Cl)cc2)ccc1O. The molecule has 0 saturated carbocycles. The Morgan fingerprint density at radius 2 is 1.35 bits per heavy atom. The first-order chi connectivity index (χ1) is 16.4. The van der Waals surface area contributed by atoms with E-state index >= 15 is 0 Å². The molecule has 0 atom stereocenters. The summed E-state index contributed by atoms with van der Waals surface area (Å²) in [5.74, 6) is 0.270. The van der Waals surface area contributed by atoms with E-state index in [0.717, 1.165) is 24.3 Å². The second-order valence-electron chi connectivity index (χ2n) is 9.80. The van der Waals surface area contributed by atoms with Gasteiger partial charge in [0.2, 0.25) is 0 Å². The standard InChI is InChI=1S/C28H42ClN3O2/c1-4-5-6-7-8-9-10-11-12-13-20-34-23-32(2,3)22-24-21-27(18-19-28(24)33)31-30-26-16-14-25(29)15-17-26/h14-19,21H,4-13,20,22-23H2,1-3H3/p+1. The van der Waals surface area contributed by atoms with Gasteiger partial charge in [0, 0.05) is 5.02 Å². The van der Waals surface area contributed by atoms with Gasteiger partial charge in [0.1, 0.15) is 12.3 Å². The summed E-state index contributed by atoms with van der Waals surface area (Å²) in [7, 11) is 4.22. The first-order valence-electron chi connectivity index (χ1n) is 12.8. The van der Waals surface area contributed by atoms with Crippen LogP contribution in [-0.4, -0.2) is 37.0 Å². The molecule has 0 unspecified atom stereocenters. The van der Waals surface area contributed by atoms with E-state index in [2.05, 4.69) is 31.2 Å². The van der Waals surface area contributed by atoms with Crippen molar-refractivity contribution in [3.05, 3.63) is 53.1 Å². The molecule has 0 amide bonds. The van der Waals surface area contributed by atoms with Crippen LogP contribution in [0.2, 0.25) is 5.02 Å². The average molecular weight is 489 g/mol. The van der Waals surface area contributed by atoms with Crippen molar-refractivity contribution in [2.24, 2.45) is 10.2 Å². The maximum atomic E-state index is 10.3. The number of hydrogen-bond acceptors (Lipinski definition) is 4. The third-order valence-electron chi connectivity index (χ3n) is 5.85. The predicted molar refractivity (Wildman–Crippen MR) is 142 cm³/mol. The Morgan fingerprint density at radius 3 is 2.00 bits per heavy atom. The minimum absolute atomic E-state index is 0.270. The first-order valence-corrected chi connectivity index (χ1v) is 13.2. The predicted octanol–water partition coefficient (Wildman–Crippen LogP) is 8.93. The number of hydrogen-bond donors (Lipinski definition) is 1. The van der Waals surface area contributed by atoms with Gasteiger partial charge in [-0.15, -0.1) is 0 Å². The number of aromatic hydroxyl groups is 1. The van der Waals surface area contributed by atoms with Crippen molar-refractivity contribution < 1.29 is 14.3 Å². The van der Waals surface area contributed by atoms with Crippen LogP contribution in [0.15, 0.2) is 52.7 Å². The van der Waals surface area contributed by atoms with Crippen molar-refractivity contribution in [3.63, 3.8) is 0 Å². The van der Waals surface area contributed by atoms with Crippen molar-refractivity contribution >= 4 is 23.0 Å². The maximum absolute atomic E-state index is 10.3. The van der Waals surface area contributed by atoms with E-state index in [0.29, 0.717) is 28.5 Å². The zero-order valence-corrected chi connectivity index (χ0v) is 22.1. The van der Waals surface area contributed by atoms with Crippen LogP contribution in [0.3, 0.4) is 0 Å². The Bertz CT molecular complexity index is 853. The lowest BCUT2D eigenvalue weighted by Crippen LogP contribution is -2.40. The summed E-state index contributed by atoms with van der Waals surface area (Å²) in [5, 5.41) is 19.6. The number of quaternary nitrogens is 1. The normalized spacial score (nSPS) is 12.0. The van der Waals surface area contributed by atoms with E-state index in [1.165, 1.54) is 57.8 Å². The van der Waals surface area contributed by atoms with Gasteiger partial charge >= 0.3 is 0 Å². The molecular formula is C28H43ClN3O2+. The molecule has 0 bridgehead atoms. The molecule has 0 heterocycles. The van der Waals surface area contributed by atoms with Crippen LogP contribution in [-0.2, 0) is 11.3 Å². The summed E-state index contributed by atoms with van der Waals surface area (Å²) >= 11 is 5.91. The smallest absolute Gasteiger partial charge is 0.182 e. The molecule has 2 aromatic rings. The topological polar surface area (TPSA) is 54.2 Å². The highest BCUT2D eigenvalue weighted by Crippen LogP contribution is 2.27. The van der Waals surface area contributed by atoms with Gasteiger partial charge in [0.05, 0.1) is 37.6 Å². The molecule has 2 rings (SSSR count). The van der Waals surface area contributed by atoms with Crippen molar-refractivity contribution in [3.8, 4) is 5.75 Å². The van der Waals surface area contributed by atoms with E-state index in [1.807, 2.05) is 18.2 Å². The zero-order chi connectivity index (χ0) is 24.7. The Balaban J connectivity index is 1.68. The summed E-state index contributed by atoms with van der Waals surface area (Å²) in [6.45, 7) is 4.31. The maximum Gasteiger partial charge on any atom is 0.182 e. The van der Waals surface area contributed by atoms with Gasteiger partial charge in [0.25, 0.3) is 0 Å². The lowest BCUT2D eigenvalue weighted by Gasteiger charge is -2.29. The van der Waals surface area contributed by atoms with Gasteiger partial charge in [-0.3, -0.25) is 0 Å². The molecular weight excluding hydrogens is 446 g/mol. The Hall–Kier alpha value is -1.95. The van der Waals surface area contributed by atoms with Gasteiger partial charge in [0.15, 0.2) is 6.73 Å². The third-order valence-corrected chi connectivity index (χ3v) is 6.10. The van der Waals surface area contributed by atoms with Crippen LogP contribution in [0.25, 0.3) is 0 Å². The summed E-state index contributed by atoms with van der Waals surface area (Å²) in [5.41, 5.74) is 2.27. The molecule has 6 heteroatoms. The fourth-order valence-electron chi connectivity index (χ4n) is 3.89. The first kappa shape index (κ1) is 28.3. The molecule has 2 aromatic carbocycles. The summed E-state index contributed by atoms with van der Waals surface area (Å²) < 4.78 is 6.59. The number of azo groups is 1. The fourth-order valence-corrected chi connectivity index (χ4v) is 4.02. The number of halogens is 1. The van der Waals surface area contributed by atoms with Gasteiger partial charge in [-0.2, -0.15) is 10.2 Å². The largest absolute Gasteiger partial charge is 0.507 e. The number of nitrogens with zero attached hydrogens (tertiary/aromatic N) is 3. The lowest BCUT2D eigenvalue weighted by atomic mass is 10.1. The van der Waals surface area contributed by atoms with E-state index in [4.69, 9.17) is 16.3 Å². The third kappa shape index (κ3) is 12.0. The molecule has 0 spiro atoms. The number of benzene rings is 2. The van der Waals surface area contributed by atoms with Crippen molar-refractivity contribution in [1.82, 2.24) is 0 Å². The monoisotopic (exact) mass is 488 g/mol. The van der Waals surface area contributed by atoms with Crippen LogP contribution in [0.4, 0.5) is 11.4 Å². The summed E-state index contributed by atoms with van der Waals surface area (Å²) in [6, 6.07) is 12.5. The molecule has 5 nitrogen and oxygen atoms in total. The molecule has 188 valence electrons. The second kappa shape index (κ2) is 15.9. The molecule has 34 heavy (non-hydrogen) atoms. The number of unbranched alkanes of at least 4 members (excludes halogenated alkanes) is 9. The number of phenolic OH excluding ortho intramolecular Hbond substituents is 1. The Kier molecular flexibility index (Phi) is 13.2. The lowest BCUT2D eigenvalue weighted by molar-refractivity contribution is -0.922. The Morgan fingerprint density at radius 1 is 0.794 bits per heavy atom. The fraction of sp³-hybridized carbons (Fsp3) is 0.571. The van der Waals surface area contributed by atoms with Gasteiger partial charge in [-0.25, -0.2) is 0 Å². The molecule has 0 aliphatic carbocycles. The van der Waals surface area contributed by atoms with E-state index in [9.17, 15) is 5.11 Å². The minimum atomic E-state index is 0.270. The highest BCUT2D eigenvalue weighted by Gasteiger charge is 2.19. The molecule has 1 N–H and O–H groups in total. The molecule has 0 aliphatic rings. The second-order valence-corrected chi connectivity index (χ2v) is 10.2. The van der Waals surface area contributed by atoms with E-state index in [1.54, 1.807) is 24.3 Å². The Labute approximate surface area is 211 Å². The number of phenols is 1. The van der Waals surface area contributed by atoms with Crippen molar-refractivity contribution in [2.45, 2.75) is 77.7 Å². The molecule has 0 aliphatic heterocycles. The summed E-state index contributed by atoms with van der Waals surface area (Å²) in [6.07, 6.45) is 13.3. The number of ether oxygens (including phenoxy) is 1. The number of rotatable bonds is 17. The molecule has 0 aromatic heterocycles. The van der Waals surface area contributed by atoms with Crippen LogP contribution < -0.4 is 0 Å².